The number of hydrogen-bond donors (Lipinski definition) is 1. The van der Waals surface area contributed by atoms with Crippen molar-refractivity contribution in [1.82, 2.24) is 0 Å². The monoisotopic (exact) mass is 223 g/mol. The molecule has 16 heavy (non-hydrogen) atoms. The van der Waals surface area contributed by atoms with E-state index in [0.717, 1.165) is 0 Å². The smallest absolute Gasteiger partial charge is 0.246 e. The molecule has 1 atom stereocenters. The number of rotatable bonds is 6. The third-order valence-corrected chi connectivity index (χ3v) is 2.38. The summed E-state index contributed by atoms with van der Waals surface area (Å²) in [4.78, 5) is 10.4. The minimum atomic E-state index is -0.377. The molecule has 0 saturated heterocycles. The molecule has 0 heterocycles. The largest absolute Gasteiger partial charge is 0.288 e. The summed E-state index contributed by atoms with van der Waals surface area (Å²) in [5.41, 5.74) is 1.36. The highest BCUT2D eigenvalue weighted by Crippen LogP contribution is 2.23. The summed E-state index contributed by atoms with van der Waals surface area (Å²) in [6.07, 6.45) is 0.583. The highest BCUT2D eigenvalue weighted by molar-refractivity contribution is 5.52. The Morgan fingerprint density at radius 2 is 2.38 bits per heavy atom. The highest BCUT2D eigenvalue weighted by atomic mass is 16.5. The molecular formula is C12H16N2O2. The Morgan fingerprint density at radius 1 is 1.69 bits per heavy atom. The normalized spacial score (nSPS) is 14.2. The Kier molecular flexibility index (Phi) is 2.87. The predicted molar refractivity (Wildman–Crippen MR) is 65.1 cm³/mol. The number of benzene rings is 1. The van der Waals surface area contributed by atoms with Gasteiger partial charge in [0.25, 0.3) is 0 Å². The van der Waals surface area contributed by atoms with Crippen LogP contribution in [0.2, 0.25) is 1.43 Å². The van der Waals surface area contributed by atoms with E-state index < -0.39 is 0 Å². The first kappa shape index (κ1) is 8.47. The second-order valence-corrected chi connectivity index (χ2v) is 3.54. The van der Waals surface area contributed by atoms with E-state index in [1.54, 1.807) is 19.1 Å². The van der Waals surface area contributed by atoms with Crippen LogP contribution in [-0.2, 0) is 0 Å². The Labute approximate surface area is 99.4 Å². The van der Waals surface area contributed by atoms with Crippen LogP contribution in [0.1, 0.15) is 23.0 Å². The second kappa shape index (κ2) is 5.42. The maximum atomic E-state index is 10.4. The molecule has 1 aromatic carbocycles. The zero-order valence-electron chi connectivity index (χ0n) is 12.3. The Hall–Kier alpha value is -1.68. The first-order valence-electron chi connectivity index (χ1n) is 6.45. The molecule has 0 aliphatic carbocycles. The molecule has 1 aromatic rings. The molecule has 0 aliphatic rings. The predicted octanol–water partition coefficient (Wildman–Crippen LogP) is 3.63. The number of nitrogens with zero attached hydrogens (tertiary/aromatic N) is 2. The average molecular weight is 223 g/mol. The molecule has 0 aromatic heterocycles. The number of hydrogen-bond acceptors (Lipinski definition) is 4. The summed E-state index contributed by atoms with van der Waals surface area (Å²) in [5.74, 6) is 0. The molecule has 0 fully saturated rings. The summed E-state index contributed by atoms with van der Waals surface area (Å²) in [5, 5.41) is 8.71. The number of anilines is 1. The minimum absolute atomic E-state index is 0.288. The standard InChI is InChI=1S/C12H16N2O2/c1-4-12(9(2)3)14(16)11-7-5-10(13-15)6-8-11/h5-8,12,16H,2,4H2,1,3H3/i2D2,16D. The quantitative estimate of drug-likeness (QED) is 0.455. The maximum absolute atomic E-state index is 10.4. The molecule has 1 rings (SSSR count). The van der Waals surface area contributed by atoms with Crippen molar-refractivity contribution in [3.8, 4) is 0 Å². The van der Waals surface area contributed by atoms with Crippen LogP contribution >= 0.6 is 0 Å². The number of hydroxylamine groups is 1. The summed E-state index contributed by atoms with van der Waals surface area (Å²) in [6, 6.07) is 5.87. The molecule has 1 N–H and O–H groups in total. The van der Waals surface area contributed by atoms with E-state index in [1.165, 1.54) is 17.2 Å². The Morgan fingerprint density at radius 3 is 2.81 bits per heavy atom. The van der Waals surface area contributed by atoms with Gasteiger partial charge in [-0.1, -0.05) is 19.0 Å². The molecule has 0 aliphatic heterocycles. The van der Waals surface area contributed by atoms with E-state index in [0.29, 0.717) is 17.7 Å². The molecule has 0 saturated carbocycles. The van der Waals surface area contributed by atoms with Crippen LogP contribution in [0.3, 0.4) is 0 Å². The lowest BCUT2D eigenvalue weighted by Crippen LogP contribution is -2.32. The van der Waals surface area contributed by atoms with Crippen LogP contribution < -0.4 is 5.06 Å². The Bertz CT molecular complexity index is 459. The fourth-order valence-corrected chi connectivity index (χ4v) is 1.49. The third kappa shape index (κ3) is 2.67. The van der Waals surface area contributed by atoms with Gasteiger partial charge in [-0.25, -0.2) is 5.06 Å². The van der Waals surface area contributed by atoms with Crippen LogP contribution in [0.25, 0.3) is 0 Å². The molecule has 0 radical (unpaired) electrons. The third-order valence-electron chi connectivity index (χ3n) is 2.38. The second-order valence-electron chi connectivity index (χ2n) is 3.54. The van der Waals surface area contributed by atoms with E-state index in [1.807, 2.05) is 6.92 Å². The van der Waals surface area contributed by atoms with Gasteiger partial charge in [0.2, 0.25) is 1.43 Å². The first-order chi connectivity index (χ1) is 9.04. The van der Waals surface area contributed by atoms with Gasteiger partial charge in [-0.2, -0.15) is 0 Å². The molecule has 1 unspecified atom stereocenters. The summed E-state index contributed by atoms with van der Waals surface area (Å²) in [6.45, 7) is 3.25. The summed E-state index contributed by atoms with van der Waals surface area (Å²) >= 11 is 0. The average Bonchev–Trinajstić information content (AvgIpc) is 2.44. The van der Waals surface area contributed by atoms with Crippen LogP contribution in [-0.4, -0.2) is 11.3 Å². The molecule has 4 nitrogen and oxygen atoms in total. The molecule has 0 bridgehead atoms. The van der Waals surface area contributed by atoms with Gasteiger partial charge in [0, 0.05) is 0 Å². The van der Waals surface area contributed by atoms with Crippen molar-refractivity contribution >= 4 is 11.4 Å². The SMILES string of the molecule is [2H]ON(c1ccc(N=O)cc1)C(CC)C(C)=C([2H])[2H]. The lowest BCUT2D eigenvalue weighted by molar-refractivity contribution is 0.226. The van der Waals surface area contributed by atoms with Crippen molar-refractivity contribution in [3.63, 3.8) is 0 Å². The van der Waals surface area contributed by atoms with Gasteiger partial charge in [-0.3, -0.25) is 5.21 Å². The van der Waals surface area contributed by atoms with Gasteiger partial charge in [-0.15, -0.1) is 4.91 Å². The van der Waals surface area contributed by atoms with E-state index in [2.05, 4.69) is 10.4 Å². The fourth-order valence-electron chi connectivity index (χ4n) is 1.49. The van der Waals surface area contributed by atoms with E-state index in [-0.39, 0.29) is 18.3 Å². The van der Waals surface area contributed by atoms with Crippen molar-refractivity contribution in [1.29, 1.82) is 0 Å². The first-order valence-corrected chi connectivity index (χ1v) is 5.05. The highest BCUT2D eigenvalue weighted by Gasteiger charge is 2.15. The van der Waals surface area contributed by atoms with E-state index in [9.17, 15) is 4.91 Å². The topological polar surface area (TPSA) is 52.9 Å². The van der Waals surface area contributed by atoms with Gasteiger partial charge < -0.3 is 0 Å². The molecular weight excluding hydrogens is 204 g/mol. The van der Waals surface area contributed by atoms with Gasteiger partial charge in [0.1, 0.15) is 5.69 Å². The van der Waals surface area contributed by atoms with E-state index >= 15 is 0 Å². The Balaban J connectivity index is 3.09. The van der Waals surface area contributed by atoms with Crippen molar-refractivity contribution < 1.29 is 9.38 Å². The molecule has 0 amide bonds. The van der Waals surface area contributed by atoms with E-state index in [4.69, 9.17) is 4.17 Å². The summed E-state index contributed by atoms with van der Waals surface area (Å²) < 4.78 is 21.9. The van der Waals surface area contributed by atoms with Crippen molar-refractivity contribution in [2.45, 2.75) is 26.3 Å². The van der Waals surface area contributed by atoms with Crippen LogP contribution in [0.4, 0.5) is 11.4 Å². The van der Waals surface area contributed by atoms with Crippen LogP contribution in [0.5, 0.6) is 0 Å². The van der Waals surface area contributed by atoms with Crippen molar-refractivity contribution in [2.24, 2.45) is 5.18 Å². The minimum Gasteiger partial charge on any atom is -0.288 e. The fraction of sp³-hybridized carbons (Fsp3) is 0.333. The molecule has 86 valence electrons. The summed E-state index contributed by atoms with van der Waals surface area (Å²) in [7, 11) is 0. The maximum Gasteiger partial charge on any atom is 0.246 e. The lowest BCUT2D eigenvalue weighted by atomic mass is 10.1. The zero-order chi connectivity index (χ0) is 14.4. The lowest BCUT2D eigenvalue weighted by Gasteiger charge is -2.27. The van der Waals surface area contributed by atoms with Crippen molar-refractivity contribution in [3.05, 3.63) is 41.3 Å². The zero-order valence-corrected chi connectivity index (χ0v) is 9.30. The van der Waals surface area contributed by atoms with Gasteiger partial charge in [0.05, 0.1) is 14.5 Å². The van der Waals surface area contributed by atoms with Gasteiger partial charge in [0.15, 0.2) is 0 Å². The molecule has 4 heteroatoms. The van der Waals surface area contributed by atoms with Crippen LogP contribution in [0, 0.1) is 4.91 Å². The van der Waals surface area contributed by atoms with Crippen molar-refractivity contribution in [2.75, 3.05) is 5.06 Å². The van der Waals surface area contributed by atoms with Gasteiger partial charge >= 0.3 is 0 Å². The van der Waals surface area contributed by atoms with Crippen LogP contribution in [0.15, 0.2) is 41.5 Å². The number of nitroso groups, excluding NO2 is 1. The molecule has 0 spiro atoms. The van der Waals surface area contributed by atoms with Gasteiger partial charge in [-0.05, 0) is 42.8 Å².